The number of urea groups is 1. The molecular formula is C12H22N2O6S. The van der Waals surface area contributed by atoms with Crippen molar-refractivity contribution in [2.45, 2.75) is 25.9 Å². The summed E-state index contributed by atoms with van der Waals surface area (Å²) >= 11 is 0. The van der Waals surface area contributed by atoms with Gasteiger partial charge in [-0.15, -0.1) is 0 Å². The Morgan fingerprint density at radius 1 is 1.43 bits per heavy atom. The molecule has 0 aromatic rings. The number of ether oxygens (including phenoxy) is 1. The third-order valence-electron chi connectivity index (χ3n) is 3.29. The smallest absolute Gasteiger partial charge is 0.317 e. The van der Waals surface area contributed by atoms with Crippen molar-refractivity contribution in [3.63, 3.8) is 0 Å². The van der Waals surface area contributed by atoms with Crippen molar-refractivity contribution in [2.24, 2.45) is 5.92 Å². The minimum Gasteiger partial charge on any atom is -0.481 e. The average molecular weight is 322 g/mol. The van der Waals surface area contributed by atoms with Crippen LogP contribution in [-0.4, -0.2) is 74.3 Å². The van der Waals surface area contributed by atoms with Gasteiger partial charge >= 0.3 is 12.0 Å². The highest BCUT2D eigenvalue weighted by atomic mass is 32.2. The molecule has 0 saturated carbocycles. The summed E-state index contributed by atoms with van der Waals surface area (Å²) in [7, 11) is -3.20. The maximum Gasteiger partial charge on any atom is 0.317 e. The molecule has 2 N–H and O–H groups in total. The predicted molar refractivity (Wildman–Crippen MR) is 75.8 cm³/mol. The molecule has 9 heteroatoms. The van der Waals surface area contributed by atoms with E-state index in [9.17, 15) is 18.0 Å². The molecule has 1 fully saturated rings. The van der Waals surface area contributed by atoms with E-state index >= 15 is 0 Å². The van der Waals surface area contributed by atoms with Gasteiger partial charge in [-0.05, 0) is 13.8 Å². The van der Waals surface area contributed by atoms with E-state index in [0.717, 1.165) is 6.26 Å². The number of carboxylic acids is 1. The Bertz CT molecular complexity index is 492. The lowest BCUT2D eigenvalue weighted by Gasteiger charge is -2.30. The first-order chi connectivity index (χ1) is 9.65. The number of rotatable bonds is 6. The second-order valence-electron chi connectivity index (χ2n) is 5.28. The first kappa shape index (κ1) is 17.7. The molecule has 1 aliphatic heterocycles. The maximum atomic E-state index is 12.2. The van der Waals surface area contributed by atoms with Gasteiger partial charge in [0.15, 0.2) is 0 Å². The number of sulfone groups is 1. The van der Waals surface area contributed by atoms with E-state index in [1.165, 1.54) is 4.90 Å². The lowest BCUT2D eigenvalue weighted by atomic mass is 10.0. The largest absolute Gasteiger partial charge is 0.481 e. The van der Waals surface area contributed by atoms with E-state index in [0.29, 0.717) is 6.54 Å². The number of nitrogens with one attached hydrogen (secondary N) is 1. The first-order valence-electron chi connectivity index (χ1n) is 6.71. The molecule has 21 heavy (non-hydrogen) atoms. The van der Waals surface area contributed by atoms with Crippen molar-refractivity contribution in [3.05, 3.63) is 0 Å². The van der Waals surface area contributed by atoms with Crippen LogP contribution in [0.2, 0.25) is 0 Å². The van der Waals surface area contributed by atoms with Gasteiger partial charge in [0.05, 0.1) is 25.0 Å². The Labute approximate surface area is 124 Å². The molecule has 0 aliphatic carbocycles. The lowest BCUT2D eigenvalue weighted by molar-refractivity contribution is -0.142. The summed E-state index contributed by atoms with van der Waals surface area (Å²) < 4.78 is 27.5. The number of likely N-dealkylation sites (N-methyl/N-ethyl adjacent to an activating group) is 1. The molecule has 0 bridgehead atoms. The number of hydrogen-bond acceptors (Lipinski definition) is 5. The summed E-state index contributed by atoms with van der Waals surface area (Å²) in [5.41, 5.74) is 0. The van der Waals surface area contributed by atoms with Crippen LogP contribution in [0.4, 0.5) is 4.79 Å². The number of hydrogen-bond donors (Lipinski definition) is 2. The Morgan fingerprint density at radius 3 is 2.52 bits per heavy atom. The third kappa shape index (κ3) is 5.16. The van der Waals surface area contributed by atoms with E-state index in [1.807, 2.05) is 0 Å². The molecule has 0 aromatic carbocycles. The predicted octanol–water partition coefficient (Wildman–Crippen LogP) is -0.449. The summed E-state index contributed by atoms with van der Waals surface area (Å²) in [6.45, 7) is 3.88. The average Bonchev–Trinajstić information content (AvgIpc) is 2.76. The summed E-state index contributed by atoms with van der Waals surface area (Å²) in [6.07, 6.45) is 1.10. The maximum absolute atomic E-state index is 12.2. The second kappa shape index (κ2) is 7.08. The molecule has 0 radical (unpaired) electrons. The van der Waals surface area contributed by atoms with Crippen molar-refractivity contribution < 1.29 is 27.9 Å². The van der Waals surface area contributed by atoms with E-state index in [1.54, 1.807) is 13.8 Å². The summed E-state index contributed by atoms with van der Waals surface area (Å²) in [5.74, 6) is -1.94. The zero-order valence-electron chi connectivity index (χ0n) is 12.4. The van der Waals surface area contributed by atoms with Gasteiger partial charge in [0.25, 0.3) is 0 Å². The highest BCUT2D eigenvalue weighted by Gasteiger charge is 2.39. The molecule has 122 valence electrons. The molecule has 0 aromatic heterocycles. The van der Waals surface area contributed by atoms with Crippen molar-refractivity contribution in [3.8, 4) is 0 Å². The number of amides is 2. The first-order valence-corrected chi connectivity index (χ1v) is 8.77. The van der Waals surface area contributed by atoms with Gasteiger partial charge in [-0.3, -0.25) is 4.79 Å². The van der Waals surface area contributed by atoms with Gasteiger partial charge in [0.2, 0.25) is 0 Å². The second-order valence-corrected chi connectivity index (χ2v) is 7.46. The normalized spacial score (nSPS) is 23.6. The SMILES string of the molecule is CCN(C(=O)NC(C)CS(C)(=O)=O)C1COCC1C(=O)O. The van der Waals surface area contributed by atoms with Crippen molar-refractivity contribution in [1.82, 2.24) is 10.2 Å². The Morgan fingerprint density at radius 2 is 2.05 bits per heavy atom. The number of carboxylic acid groups (broad SMARTS) is 1. The van der Waals surface area contributed by atoms with Crippen LogP contribution in [-0.2, 0) is 19.4 Å². The molecule has 1 heterocycles. The molecule has 3 atom stereocenters. The Hall–Kier alpha value is -1.35. The van der Waals surface area contributed by atoms with E-state index < -0.39 is 39.8 Å². The summed E-state index contributed by atoms with van der Waals surface area (Å²) in [6, 6.07) is -1.57. The standard InChI is InChI=1S/C12H22N2O6S/c1-4-14(10-6-20-5-9(10)11(15)16)12(17)13-8(2)7-21(3,18)19/h8-10H,4-7H2,1-3H3,(H,13,17)(H,15,16). The minimum atomic E-state index is -3.20. The van der Waals surface area contributed by atoms with Gasteiger partial charge < -0.3 is 20.1 Å². The number of carbonyl (C=O) groups is 2. The molecular weight excluding hydrogens is 300 g/mol. The van der Waals surface area contributed by atoms with E-state index in [4.69, 9.17) is 9.84 Å². The third-order valence-corrected chi connectivity index (χ3v) is 4.40. The quantitative estimate of drug-likeness (QED) is 0.685. The van der Waals surface area contributed by atoms with Crippen LogP contribution in [0.15, 0.2) is 0 Å². The fraction of sp³-hybridized carbons (Fsp3) is 0.833. The van der Waals surface area contributed by atoms with Crippen molar-refractivity contribution in [1.29, 1.82) is 0 Å². The van der Waals surface area contributed by atoms with Gasteiger partial charge in [0, 0.05) is 18.8 Å². The molecule has 1 aliphatic rings. The van der Waals surface area contributed by atoms with Crippen LogP contribution in [0.25, 0.3) is 0 Å². The minimum absolute atomic E-state index is 0.0721. The van der Waals surface area contributed by atoms with Crippen LogP contribution < -0.4 is 5.32 Å². The Balaban J connectivity index is 2.71. The Kier molecular flexibility index (Phi) is 5.97. The van der Waals surface area contributed by atoms with Crippen LogP contribution in [0, 0.1) is 5.92 Å². The van der Waals surface area contributed by atoms with Gasteiger partial charge in [-0.2, -0.15) is 0 Å². The van der Waals surface area contributed by atoms with Crippen LogP contribution in [0.1, 0.15) is 13.8 Å². The van der Waals surface area contributed by atoms with Gasteiger partial charge in [0.1, 0.15) is 15.8 Å². The zero-order valence-corrected chi connectivity index (χ0v) is 13.2. The van der Waals surface area contributed by atoms with Crippen LogP contribution in [0.3, 0.4) is 0 Å². The molecule has 0 spiro atoms. The highest BCUT2D eigenvalue weighted by molar-refractivity contribution is 7.90. The molecule has 3 unspecified atom stereocenters. The van der Waals surface area contributed by atoms with E-state index in [2.05, 4.69) is 5.32 Å². The van der Waals surface area contributed by atoms with E-state index in [-0.39, 0.29) is 19.0 Å². The van der Waals surface area contributed by atoms with Crippen LogP contribution >= 0.6 is 0 Å². The fourth-order valence-electron chi connectivity index (χ4n) is 2.40. The summed E-state index contributed by atoms with van der Waals surface area (Å²) in [5, 5.41) is 11.7. The fourth-order valence-corrected chi connectivity index (χ4v) is 3.40. The monoisotopic (exact) mass is 322 g/mol. The number of carbonyl (C=O) groups excluding carboxylic acids is 1. The molecule has 2 amide bonds. The van der Waals surface area contributed by atoms with Crippen molar-refractivity contribution in [2.75, 3.05) is 31.8 Å². The summed E-state index contributed by atoms with van der Waals surface area (Å²) in [4.78, 5) is 24.7. The van der Waals surface area contributed by atoms with Gasteiger partial charge in [-0.25, -0.2) is 13.2 Å². The topological polar surface area (TPSA) is 113 Å². The zero-order chi connectivity index (χ0) is 16.2. The highest BCUT2D eigenvalue weighted by Crippen LogP contribution is 2.20. The van der Waals surface area contributed by atoms with Crippen LogP contribution in [0.5, 0.6) is 0 Å². The molecule has 1 saturated heterocycles. The van der Waals surface area contributed by atoms with Crippen molar-refractivity contribution >= 4 is 21.8 Å². The number of nitrogens with zero attached hydrogens (tertiary/aromatic N) is 1. The molecule has 1 rings (SSSR count). The number of aliphatic carboxylic acids is 1. The lowest BCUT2D eigenvalue weighted by Crippen LogP contribution is -2.53. The van der Waals surface area contributed by atoms with Gasteiger partial charge in [-0.1, -0.05) is 0 Å². The molecule has 8 nitrogen and oxygen atoms in total.